The lowest BCUT2D eigenvalue weighted by Crippen LogP contribution is -2.16. The van der Waals surface area contributed by atoms with Crippen molar-refractivity contribution < 1.29 is 13.5 Å². The molecule has 0 aliphatic heterocycles. The van der Waals surface area contributed by atoms with Crippen molar-refractivity contribution in [2.75, 3.05) is 0 Å². The molecule has 0 unspecified atom stereocenters. The minimum Gasteiger partial charge on any atom is -0.507 e. The van der Waals surface area contributed by atoms with Crippen molar-refractivity contribution in [3.8, 4) is 5.75 Å². The molecule has 0 amide bonds. The molecule has 1 rings (SSSR count). The highest BCUT2D eigenvalue weighted by atomic mass is 32.2. The molecule has 0 aliphatic rings. The maximum Gasteiger partial charge on any atom is 0.242 e. The van der Waals surface area contributed by atoms with E-state index >= 15 is 0 Å². The first-order valence-corrected chi connectivity index (χ1v) is 5.05. The Bertz CT molecular complexity index is 414. The van der Waals surface area contributed by atoms with Crippen molar-refractivity contribution >= 4 is 10.0 Å². The molecule has 0 atom stereocenters. The van der Waals surface area contributed by atoms with Crippen LogP contribution in [0.4, 0.5) is 0 Å². The van der Waals surface area contributed by atoms with Crippen LogP contribution < -0.4 is 10.9 Å². The summed E-state index contributed by atoms with van der Waals surface area (Å²) in [5, 5.41) is 14.1. The third-order valence-corrected chi connectivity index (χ3v) is 2.62. The number of primary sulfonamides is 1. The van der Waals surface area contributed by atoms with Gasteiger partial charge >= 0.3 is 0 Å². The summed E-state index contributed by atoms with van der Waals surface area (Å²) >= 11 is 0. The third kappa shape index (κ3) is 1.97. The standard InChI is InChI=1S/C7H10N2O3S/c8-4-5-2-1-3-6(10)7(5)13(9,11)12/h1-3,10H,4,8H2,(H2,9,11,12). The Balaban J connectivity index is 3.50. The largest absolute Gasteiger partial charge is 0.507 e. The normalized spacial score (nSPS) is 11.5. The van der Waals surface area contributed by atoms with Gasteiger partial charge in [-0.15, -0.1) is 0 Å². The van der Waals surface area contributed by atoms with Gasteiger partial charge < -0.3 is 10.8 Å². The van der Waals surface area contributed by atoms with Gasteiger partial charge in [0.1, 0.15) is 10.6 Å². The SMILES string of the molecule is NCc1cccc(O)c1S(N)(=O)=O. The molecule has 0 radical (unpaired) electrons. The topological polar surface area (TPSA) is 106 Å². The zero-order valence-corrected chi connectivity index (χ0v) is 7.58. The predicted molar refractivity (Wildman–Crippen MR) is 47.4 cm³/mol. The summed E-state index contributed by atoms with van der Waals surface area (Å²) in [4.78, 5) is -0.294. The number of rotatable bonds is 2. The second-order valence-electron chi connectivity index (χ2n) is 2.51. The van der Waals surface area contributed by atoms with Gasteiger partial charge in [-0.25, -0.2) is 13.6 Å². The molecule has 0 aliphatic carbocycles. The molecule has 1 aromatic rings. The summed E-state index contributed by atoms with van der Waals surface area (Å²) in [6.07, 6.45) is 0. The van der Waals surface area contributed by atoms with Crippen LogP contribution >= 0.6 is 0 Å². The number of benzene rings is 1. The van der Waals surface area contributed by atoms with E-state index in [1.807, 2.05) is 0 Å². The fraction of sp³-hybridized carbons (Fsp3) is 0.143. The van der Waals surface area contributed by atoms with Gasteiger partial charge in [-0.05, 0) is 11.6 Å². The average Bonchev–Trinajstić information content (AvgIpc) is 2.01. The van der Waals surface area contributed by atoms with Crippen molar-refractivity contribution in [1.29, 1.82) is 0 Å². The van der Waals surface area contributed by atoms with E-state index in [9.17, 15) is 13.5 Å². The van der Waals surface area contributed by atoms with Crippen LogP contribution in [-0.4, -0.2) is 13.5 Å². The molecule has 13 heavy (non-hydrogen) atoms. The Hall–Kier alpha value is -1.11. The lowest BCUT2D eigenvalue weighted by molar-refractivity contribution is 0.457. The average molecular weight is 202 g/mol. The van der Waals surface area contributed by atoms with Crippen molar-refractivity contribution in [1.82, 2.24) is 0 Å². The Morgan fingerprint density at radius 1 is 1.38 bits per heavy atom. The van der Waals surface area contributed by atoms with Gasteiger partial charge in [-0.3, -0.25) is 0 Å². The van der Waals surface area contributed by atoms with Gasteiger partial charge in [-0.1, -0.05) is 12.1 Å². The first kappa shape index (κ1) is 9.97. The molecule has 0 spiro atoms. The molecule has 6 heteroatoms. The minimum atomic E-state index is -3.91. The second kappa shape index (κ2) is 3.33. The summed E-state index contributed by atoms with van der Waals surface area (Å²) in [6.45, 7) is 0.0141. The van der Waals surface area contributed by atoms with Gasteiger partial charge in [0.25, 0.3) is 0 Å². The van der Waals surface area contributed by atoms with E-state index in [1.54, 1.807) is 0 Å². The van der Waals surface area contributed by atoms with Gasteiger partial charge in [0, 0.05) is 6.54 Å². The summed E-state index contributed by atoms with van der Waals surface area (Å²) in [5.74, 6) is -0.370. The van der Waals surface area contributed by atoms with Crippen molar-refractivity contribution in [2.45, 2.75) is 11.4 Å². The predicted octanol–water partition coefficient (Wildman–Crippen LogP) is -0.502. The number of nitrogens with two attached hydrogens (primary N) is 2. The third-order valence-electron chi connectivity index (χ3n) is 1.58. The van der Waals surface area contributed by atoms with Crippen molar-refractivity contribution in [2.24, 2.45) is 10.9 Å². The summed E-state index contributed by atoms with van der Waals surface area (Å²) in [6, 6.07) is 4.25. The van der Waals surface area contributed by atoms with Crippen LogP contribution in [0.3, 0.4) is 0 Å². The van der Waals surface area contributed by atoms with Crippen LogP contribution in [0.15, 0.2) is 23.1 Å². The first-order valence-electron chi connectivity index (χ1n) is 3.50. The van der Waals surface area contributed by atoms with Crippen LogP contribution in [0.25, 0.3) is 0 Å². The highest BCUT2D eigenvalue weighted by Gasteiger charge is 2.17. The molecule has 0 saturated carbocycles. The Labute approximate surface area is 76.0 Å². The fourth-order valence-corrected chi connectivity index (χ4v) is 1.94. The van der Waals surface area contributed by atoms with Crippen LogP contribution in [0.2, 0.25) is 0 Å². The summed E-state index contributed by atoms with van der Waals surface area (Å²) in [5.41, 5.74) is 5.59. The van der Waals surface area contributed by atoms with Gasteiger partial charge in [-0.2, -0.15) is 0 Å². The molecule has 72 valence electrons. The molecule has 0 heterocycles. The number of phenols is 1. The molecule has 0 saturated heterocycles. The quantitative estimate of drug-likeness (QED) is 0.600. The van der Waals surface area contributed by atoms with Crippen LogP contribution in [0.1, 0.15) is 5.56 Å². The minimum absolute atomic E-state index is 0.0141. The number of phenolic OH excluding ortho intramolecular Hbond substituents is 1. The van der Waals surface area contributed by atoms with Crippen LogP contribution in [-0.2, 0) is 16.6 Å². The molecular formula is C7H10N2O3S. The number of sulfonamides is 1. The molecule has 0 bridgehead atoms. The lowest BCUT2D eigenvalue weighted by Gasteiger charge is -2.06. The smallest absolute Gasteiger partial charge is 0.242 e. The van der Waals surface area contributed by atoms with E-state index in [2.05, 4.69) is 0 Å². The number of hydrogen-bond donors (Lipinski definition) is 3. The molecular weight excluding hydrogens is 192 g/mol. The van der Waals surface area contributed by atoms with E-state index in [-0.39, 0.29) is 17.2 Å². The Morgan fingerprint density at radius 3 is 2.38 bits per heavy atom. The van der Waals surface area contributed by atoms with Crippen molar-refractivity contribution in [3.05, 3.63) is 23.8 Å². The first-order chi connectivity index (χ1) is 5.96. The maximum absolute atomic E-state index is 11.0. The van der Waals surface area contributed by atoms with Crippen molar-refractivity contribution in [3.63, 3.8) is 0 Å². The number of aromatic hydroxyl groups is 1. The highest BCUT2D eigenvalue weighted by Crippen LogP contribution is 2.24. The zero-order valence-electron chi connectivity index (χ0n) is 6.77. The Kier molecular flexibility index (Phi) is 2.55. The molecule has 1 aromatic carbocycles. The van der Waals surface area contributed by atoms with Gasteiger partial charge in [0.05, 0.1) is 0 Å². The zero-order chi connectivity index (χ0) is 10.1. The van der Waals surface area contributed by atoms with E-state index in [1.165, 1.54) is 18.2 Å². The van der Waals surface area contributed by atoms with Crippen LogP contribution in [0, 0.1) is 0 Å². The monoisotopic (exact) mass is 202 g/mol. The van der Waals surface area contributed by atoms with Gasteiger partial charge in [0.15, 0.2) is 0 Å². The van der Waals surface area contributed by atoms with Crippen LogP contribution in [0.5, 0.6) is 5.75 Å². The molecule has 5 nitrogen and oxygen atoms in total. The second-order valence-corrected chi connectivity index (χ2v) is 4.01. The molecule has 0 aromatic heterocycles. The lowest BCUT2D eigenvalue weighted by atomic mass is 10.2. The fourth-order valence-electron chi connectivity index (χ4n) is 1.06. The van der Waals surface area contributed by atoms with E-state index in [0.29, 0.717) is 5.56 Å². The van der Waals surface area contributed by atoms with E-state index in [0.717, 1.165) is 0 Å². The summed E-state index contributed by atoms with van der Waals surface area (Å²) < 4.78 is 22.0. The highest BCUT2D eigenvalue weighted by molar-refractivity contribution is 7.89. The molecule has 0 fully saturated rings. The summed E-state index contributed by atoms with van der Waals surface area (Å²) in [7, 11) is -3.91. The maximum atomic E-state index is 11.0. The Morgan fingerprint density at radius 2 is 2.00 bits per heavy atom. The number of hydrogen-bond acceptors (Lipinski definition) is 4. The van der Waals surface area contributed by atoms with Gasteiger partial charge in [0.2, 0.25) is 10.0 Å². The van der Waals surface area contributed by atoms with E-state index in [4.69, 9.17) is 10.9 Å². The van der Waals surface area contributed by atoms with E-state index < -0.39 is 10.0 Å². The molecule has 5 N–H and O–H groups in total.